The van der Waals surface area contributed by atoms with E-state index in [9.17, 15) is 4.79 Å². The molecule has 0 spiro atoms. The number of rotatable bonds is 2. The third kappa shape index (κ3) is 2.24. The molecular weight excluding hydrogens is 255 g/mol. The molecule has 2 unspecified atom stereocenters. The van der Waals surface area contributed by atoms with Gasteiger partial charge in [0.15, 0.2) is 0 Å². The summed E-state index contributed by atoms with van der Waals surface area (Å²) >= 11 is -1.79. The van der Waals surface area contributed by atoms with Crippen LogP contribution in [0.25, 0.3) is 0 Å². The van der Waals surface area contributed by atoms with Crippen molar-refractivity contribution in [3.8, 4) is 0 Å². The van der Waals surface area contributed by atoms with Gasteiger partial charge in [-0.2, -0.15) is 0 Å². The van der Waals surface area contributed by atoms with Gasteiger partial charge in [0.25, 0.3) is 0 Å². The average molecular weight is 275 g/mol. The first-order valence-electron chi connectivity index (χ1n) is 4.95. The molecule has 0 bridgehead atoms. The Morgan fingerprint density at radius 1 is 1.42 bits per heavy atom. The molecule has 0 aromatic heterocycles. The third-order valence-corrected chi connectivity index (χ3v) is 12.3. The van der Waals surface area contributed by atoms with Gasteiger partial charge in [0.1, 0.15) is 0 Å². The van der Waals surface area contributed by atoms with Gasteiger partial charge in [-0.15, -0.1) is 0 Å². The first kappa shape index (κ1) is 10.5. The van der Waals surface area contributed by atoms with Crippen molar-refractivity contribution in [3.63, 3.8) is 0 Å². The van der Waals surface area contributed by atoms with Crippen LogP contribution in [0.2, 0.25) is 18.8 Å². The van der Waals surface area contributed by atoms with Crippen molar-refractivity contribution in [2.45, 2.75) is 44.9 Å². The molecule has 0 heterocycles. The Morgan fingerprint density at radius 2 is 2.00 bits per heavy atom. The Bertz CT molecular complexity index is 181. The molecule has 1 fully saturated rings. The van der Waals surface area contributed by atoms with Crippen molar-refractivity contribution < 1.29 is 4.79 Å². The summed E-state index contributed by atoms with van der Waals surface area (Å²) in [5, 5.41) is 0. The van der Waals surface area contributed by atoms with Gasteiger partial charge in [0.2, 0.25) is 0 Å². The summed E-state index contributed by atoms with van der Waals surface area (Å²) in [5.74, 6) is 0.995. The van der Waals surface area contributed by atoms with Crippen molar-refractivity contribution in [2.75, 3.05) is 0 Å². The van der Waals surface area contributed by atoms with E-state index in [1.165, 1.54) is 6.42 Å². The normalized spacial score (nSPS) is 27.7. The zero-order chi connectivity index (χ0) is 9.35. The van der Waals surface area contributed by atoms with E-state index in [4.69, 9.17) is 0 Å². The van der Waals surface area contributed by atoms with Gasteiger partial charge < -0.3 is 0 Å². The van der Waals surface area contributed by atoms with E-state index in [1.807, 2.05) is 0 Å². The van der Waals surface area contributed by atoms with Gasteiger partial charge >= 0.3 is 79.8 Å². The number of hydrogen-bond donors (Lipinski definition) is 0. The number of hydrogen-bond acceptors (Lipinski definition) is 1. The Kier molecular flexibility index (Phi) is 3.24. The predicted octanol–water partition coefficient (Wildman–Crippen LogP) is 3.08. The van der Waals surface area contributed by atoms with Crippen LogP contribution < -0.4 is 0 Å². The molecule has 1 aliphatic carbocycles. The van der Waals surface area contributed by atoms with Crippen molar-refractivity contribution >= 4 is 24.2 Å². The molecule has 1 saturated carbocycles. The molecule has 2 heteroatoms. The van der Waals surface area contributed by atoms with Crippen LogP contribution in [0.4, 0.5) is 0 Å². The van der Waals surface area contributed by atoms with Crippen LogP contribution in [-0.4, -0.2) is 24.2 Å². The molecule has 70 valence electrons. The molecule has 12 heavy (non-hydrogen) atoms. The number of ketones is 1. The second-order valence-electron chi connectivity index (χ2n) is 5.12. The summed E-state index contributed by atoms with van der Waals surface area (Å²) in [6.45, 7) is 2.31. The molecule has 1 nitrogen and oxygen atoms in total. The van der Waals surface area contributed by atoms with E-state index in [0.717, 1.165) is 16.8 Å². The Hall–Kier alpha value is 0.469. The van der Waals surface area contributed by atoms with E-state index in [1.54, 1.807) is 0 Å². The van der Waals surface area contributed by atoms with Crippen LogP contribution in [-0.2, 0) is 4.79 Å². The molecule has 0 aliphatic heterocycles. The first-order chi connectivity index (χ1) is 5.43. The molecule has 0 radical (unpaired) electrons. The fourth-order valence-corrected chi connectivity index (χ4v) is 6.43. The molecule has 2 atom stereocenters. The van der Waals surface area contributed by atoms with Gasteiger partial charge in [-0.05, 0) is 0 Å². The molecule has 0 aromatic rings. The zero-order valence-corrected chi connectivity index (χ0v) is 11.5. The van der Waals surface area contributed by atoms with Crippen LogP contribution in [0.15, 0.2) is 0 Å². The number of Topliss-reactive ketones (excluding diaryl/α,β-unsaturated/α-hetero) is 1. The van der Waals surface area contributed by atoms with E-state index < -0.39 is 18.4 Å². The minimum absolute atomic E-state index is 0.445. The summed E-state index contributed by atoms with van der Waals surface area (Å²) in [7, 11) is 0. The Labute approximate surface area is 79.8 Å². The summed E-state index contributed by atoms with van der Waals surface area (Å²) in [6.07, 6.45) is 3.18. The average Bonchev–Trinajstić information content (AvgIpc) is 2.31. The van der Waals surface area contributed by atoms with E-state index in [-0.39, 0.29) is 0 Å². The molecule has 1 rings (SSSR count). The Morgan fingerprint density at radius 3 is 2.33 bits per heavy atom. The maximum atomic E-state index is 11.5. The predicted molar refractivity (Wildman–Crippen MR) is 55.1 cm³/mol. The fraction of sp³-hybridized carbons (Fsp3) is 0.900. The Balaban J connectivity index is 2.63. The second-order valence-corrected chi connectivity index (χ2v) is 21.2. The summed E-state index contributed by atoms with van der Waals surface area (Å²) in [5.41, 5.74) is 0. The quantitative estimate of drug-likeness (QED) is 0.708. The minimum atomic E-state index is -1.79. The molecule has 1 aliphatic rings. The molecule has 0 saturated heterocycles. The zero-order valence-electron chi connectivity index (χ0n) is 8.68. The van der Waals surface area contributed by atoms with E-state index >= 15 is 0 Å². The van der Waals surface area contributed by atoms with Crippen LogP contribution in [0, 0.1) is 5.92 Å². The van der Waals surface area contributed by atoms with Gasteiger partial charge in [0.05, 0.1) is 0 Å². The van der Waals surface area contributed by atoms with E-state index in [2.05, 4.69) is 21.7 Å². The fourth-order valence-electron chi connectivity index (χ4n) is 1.97. The first-order valence-corrected chi connectivity index (χ1v) is 15.2. The van der Waals surface area contributed by atoms with Crippen molar-refractivity contribution in [2.24, 2.45) is 5.92 Å². The summed E-state index contributed by atoms with van der Waals surface area (Å²) in [6, 6.07) is 0. The monoisotopic (exact) mass is 276 g/mol. The molecule has 0 aromatic carbocycles. The molecule has 0 N–H and O–H groups in total. The summed E-state index contributed by atoms with van der Waals surface area (Å²) in [4.78, 5) is 18.8. The maximum absolute atomic E-state index is 11.5. The van der Waals surface area contributed by atoms with Crippen molar-refractivity contribution in [1.29, 1.82) is 0 Å². The number of carbonyl (C=O) groups is 1. The van der Waals surface area contributed by atoms with Crippen molar-refractivity contribution in [3.05, 3.63) is 0 Å². The van der Waals surface area contributed by atoms with Crippen LogP contribution in [0.1, 0.15) is 26.2 Å². The van der Waals surface area contributed by atoms with Crippen LogP contribution in [0.3, 0.4) is 0 Å². The van der Waals surface area contributed by atoms with Crippen LogP contribution >= 0.6 is 0 Å². The van der Waals surface area contributed by atoms with E-state index in [0.29, 0.717) is 11.7 Å². The standard InChI is InChI=1S/C7H11O.3CH3.Sn/c1-2-6-4-3-5-7(6)8;;;;/h2,6H,3-5H2,1H3;3*1H3;. The second kappa shape index (κ2) is 3.68. The topological polar surface area (TPSA) is 17.1 Å². The molecule has 0 amide bonds. The molecular formula is C10H20OSn. The van der Waals surface area contributed by atoms with Gasteiger partial charge in [-0.3, -0.25) is 0 Å². The van der Waals surface area contributed by atoms with Crippen LogP contribution in [0.5, 0.6) is 0 Å². The number of carbonyl (C=O) groups excluding carboxylic acids is 1. The van der Waals surface area contributed by atoms with Gasteiger partial charge in [0, 0.05) is 0 Å². The SMILES string of the molecule is C[CH](C1CCCC1=O)[Sn]([CH3])([CH3])[CH3]. The van der Waals surface area contributed by atoms with Gasteiger partial charge in [-0.1, -0.05) is 0 Å². The van der Waals surface area contributed by atoms with Gasteiger partial charge in [-0.25, -0.2) is 0 Å². The van der Waals surface area contributed by atoms with Crippen molar-refractivity contribution in [1.82, 2.24) is 0 Å². The third-order valence-electron chi connectivity index (χ3n) is 3.32. The summed E-state index contributed by atoms with van der Waals surface area (Å²) < 4.78 is 0.745.